The molecular weight excluding hydrogens is 274 g/mol. The molecule has 3 aromatic rings. The van der Waals surface area contributed by atoms with Gasteiger partial charge in [0.2, 0.25) is 5.95 Å². The molecule has 0 amide bonds. The predicted molar refractivity (Wildman–Crippen MR) is 79.1 cm³/mol. The van der Waals surface area contributed by atoms with Crippen LogP contribution in [0.15, 0.2) is 28.5 Å². The molecule has 0 radical (unpaired) electrons. The smallest absolute Gasteiger partial charge is 0.268 e. The maximum atomic E-state index is 11.9. The molecule has 7 heteroatoms. The van der Waals surface area contributed by atoms with E-state index in [9.17, 15) is 4.79 Å². The van der Waals surface area contributed by atoms with Gasteiger partial charge in [-0.1, -0.05) is 0 Å². The van der Waals surface area contributed by atoms with Crippen LogP contribution >= 0.6 is 11.3 Å². The fourth-order valence-corrected chi connectivity index (χ4v) is 2.64. The Morgan fingerprint density at radius 2 is 2.20 bits per heavy atom. The van der Waals surface area contributed by atoms with Gasteiger partial charge in [-0.25, -0.2) is 15.0 Å². The number of thiophene rings is 1. The fraction of sp³-hybridized carbons (Fsp3) is 0.231. The van der Waals surface area contributed by atoms with Crippen LogP contribution in [0.5, 0.6) is 0 Å². The number of aryl methyl sites for hydroxylation is 1. The lowest BCUT2D eigenvalue weighted by Gasteiger charge is -2.16. The van der Waals surface area contributed by atoms with E-state index < -0.39 is 0 Å². The summed E-state index contributed by atoms with van der Waals surface area (Å²) in [6, 6.07) is 3.69. The molecule has 3 rings (SSSR count). The minimum atomic E-state index is -0.0986. The van der Waals surface area contributed by atoms with Crippen molar-refractivity contribution in [3.63, 3.8) is 0 Å². The Balaban J connectivity index is 1.91. The van der Waals surface area contributed by atoms with Gasteiger partial charge in [0.25, 0.3) is 5.56 Å². The van der Waals surface area contributed by atoms with Gasteiger partial charge < -0.3 is 9.88 Å². The topological polar surface area (TPSA) is 74.8 Å². The Labute approximate surface area is 119 Å². The number of aromatic nitrogens is 4. The maximum absolute atomic E-state index is 11.9. The third-order valence-corrected chi connectivity index (χ3v) is 3.78. The largest absolute Gasteiger partial charge is 0.336 e. The lowest BCUT2D eigenvalue weighted by atomic mass is 10.4. The number of nitrogens with one attached hydrogen (secondary N) is 1. The van der Waals surface area contributed by atoms with Crippen LogP contribution in [0, 0.1) is 6.92 Å². The van der Waals surface area contributed by atoms with E-state index in [0.29, 0.717) is 23.0 Å². The van der Waals surface area contributed by atoms with E-state index >= 15 is 0 Å². The average molecular weight is 287 g/mol. The normalized spacial score (nSPS) is 10.9. The van der Waals surface area contributed by atoms with Crippen LogP contribution in [0.25, 0.3) is 10.2 Å². The van der Waals surface area contributed by atoms with E-state index in [1.165, 1.54) is 11.3 Å². The number of hydrogen-bond acceptors (Lipinski definition) is 6. The second kappa shape index (κ2) is 5.01. The summed E-state index contributed by atoms with van der Waals surface area (Å²) in [5.74, 6) is 1.21. The van der Waals surface area contributed by atoms with Gasteiger partial charge in [0.1, 0.15) is 10.5 Å². The molecule has 0 aliphatic rings. The van der Waals surface area contributed by atoms with Gasteiger partial charge in [-0.15, -0.1) is 11.3 Å². The Morgan fingerprint density at radius 3 is 3.00 bits per heavy atom. The van der Waals surface area contributed by atoms with Crippen LogP contribution in [0.2, 0.25) is 0 Å². The first-order valence-corrected chi connectivity index (χ1v) is 6.98. The van der Waals surface area contributed by atoms with E-state index in [4.69, 9.17) is 0 Å². The van der Waals surface area contributed by atoms with Crippen molar-refractivity contribution in [1.82, 2.24) is 19.9 Å². The molecule has 0 saturated carbocycles. The SMILES string of the molecule is Cc1ccnc(N(C)Cc2nc3ccsc3c(=O)[nH]2)n1. The lowest BCUT2D eigenvalue weighted by Crippen LogP contribution is -2.23. The third kappa shape index (κ3) is 2.39. The van der Waals surface area contributed by atoms with Gasteiger partial charge >= 0.3 is 0 Å². The molecule has 0 unspecified atom stereocenters. The quantitative estimate of drug-likeness (QED) is 0.794. The van der Waals surface area contributed by atoms with E-state index in [1.807, 2.05) is 36.4 Å². The minimum absolute atomic E-state index is 0.0986. The summed E-state index contributed by atoms with van der Waals surface area (Å²) < 4.78 is 0.656. The van der Waals surface area contributed by atoms with Crippen LogP contribution in [0.4, 0.5) is 5.95 Å². The number of anilines is 1. The van der Waals surface area contributed by atoms with Crippen LogP contribution in [0.3, 0.4) is 0 Å². The maximum Gasteiger partial charge on any atom is 0.268 e. The standard InChI is InChI=1S/C13H13N5OS/c1-8-3-5-14-13(15-8)18(2)7-10-16-9-4-6-20-11(9)12(19)17-10/h3-6H,7H2,1-2H3,(H,16,17,19). The molecule has 0 aliphatic heterocycles. The highest BCUT2D eigenvalue weighted by Crippen LogP contribution is 2.14. The Morgan fingerprint density at radius 1 is 1.35 bits per heavy atom. The minimum Gasteiger partial charge on any atom is -0.336 e. The van der Waals surface area contributed by atoms with Gasteiger partial charge in [-0.2, -0.15) is 0 Å². The van der Waals surface area contributed by atoms with Gasteiger partial charge in [-0.3, -0.25) is 4.79 Å². The summed E-state index contributed by atoms with van der Waals surface area (Å²) in [5.41, 5.74) is 1.53. The number of fused-ring (bicyclic) bond motifs is 1. The summed E-state index contributed by atoms with van der Waals surface area (Å²) in [6.45, 7) is 2.36. The molecule has 0 atom stereocenters. The summed E-state index contributed by atoms with van der Waals surface area (Å²) in [5, 5.41) is 1.87. The second-order valence-electron chi connectivity index (χ2n) is 4.50. The van der Waals surface area contributed by atoms with Crippen molar-refractivity contribution < 1.29 is 0 Å². The highest BCUT2D eigenvalue weighted by molar-refractivity contribution is 7.17. The molecule has 0 aromatic carbocycles. The summed E-state index contributed by atoms with van der Waals surface area (Å²) >= 11 is 1.40. The molecule has 0 spiro atoms. The molecular formula is C13H13N5OS. The van der Waals surface area contributed by atoms with Gasteiger partial charge in [0.05, 0.1) is 12.1 Å². The van der Waals surface area contributed by atoms with Crippen molar-refractivity contribution in [1.29, 1.82) is 0 Å². The number of aromatic amines is 1. The van der Waals surface area contributed by atoms with E-state index in [0.717, 1.165) is 11.2 Å². The first kappa shape index (κ1) is 12.7. The Hall–Kier alpha value is -2.28. The summed E-state index contributed by atoms with van der Waals surface area (Å²) in [4.78, 5) is 29.5. The van der Waals surface area contributed by atoms with Gasteiger partial charge in [0.15, 0.2) is 0 Å². The van der Waals surface area contributed by atoms with Crippen LogP contribution in [0.1, 0.15) is 11.5 Å². The van der Waals surface area contributed by atoms with Crippen molar-refractivity contribution in [3.8, 4) is 0 Å². The molecule has 3 aromatic heterocycles. The molecule has 6 nitrogen and oxygen atoms in total. The highest BCUT2D eigenvalue weighted by atomic mass is 32.1. The van der Waals surface area contributed by atoms with E-state index in [1.54, 1.807) is 6.20 Å². The molecule has 102 valence electrons. The van der Waals surface area contributed by atoms with E-state index in [-0.39, 0.29) is 5.56 Å². The number of nitrogens with zero attached hydrogens (tertiary/aromatic N) is 4. The van der Waals surface area contributed by atoms with Crippen molar-refractivity contribution >= 4 is 27.5 Å². The first-order valence-electron chi connectivity index (χ1n) is 6.10. The van der Waals surface area contributed by atoms with Crippen molar-refractivity contribution in [2.24, 2.45) is 0 Å². The summed E-state index contributed by atoms with van der Waals surface area (Å²) in [7, 11) is 1.87. The molecule has 20 heavy (non-hydrogen) atoms. The molecule has 0 fully saturated rings. The van der Waals surface area contributed by atoms with E-state index in [2.05, 4.69) is 19.9 Å². The van der Waals surface area contributed by atoms with Crippen LogP contribution in [-0.4, -0.2) is 27.0 Å². The van der Waals surface area contributed by atoms with Crippen molar-refractivity contribution in [3.05, 3.63) is 45.6 Å². The monoisotopic (exact) mass is 287 g/mol. The Bertz CT molecular complexity index is 810. The first-order chi connectivity index (χ1) is 9.63. The second-order valence-corrected chi connectivity index (χ2v) is 5.42. The predicted octanol–water partition coefficient (Wildman–Crippen LogP) is 1.72. The average Bonchev–Trinajstić information content (AvgIpc) is 2.87. The number of rotatable bonds is 3. The molecule has 1 N–H and O–H groups in total. The van der Waals surface area contributed by atoms with Gasteiger partial charge in [0, 0.05) is 18.9 Å². The van der Waals surface area contributed by atoms with Gasteiger partial charge in [-0.05, 0) is 24.4 Å². The zero-order chi connectivity index (χ0) is 14.1. The molecule has 0 aliphatic carbocycles. The zero-order valence-corrected chi connectivity index (χ0v) is 11.9. The molecule has 0 saturated heterocycles. The number of hydrogen-bond donors (Lipinski definition) is 1. The molecule has 3 heterocycles. The summed E-state index contributed by atoms with van der Waals surface area (Å²) in [6.07, 6.45) is 1.71. The van der Waals surface area contributed by atoms with Crippen molar-refractivity contribution in [2.75, 3.05) is 11.9 Å². The fourth-order valence-electron chi connectivity index (χ4n) is 1.91. The number of H-pyrrole nitrogens is 1. The zero-order valence-electron chi connectivity index (χ0n) is 11.1. The van der Waals surface area contributed by atoms with Crippen molar-refractivity contribution in [2.45, 2.75) is 13.5 Å². The third-order valence-electron chi connectivity index (χ3n) is 2.87. The Kier molecular flexibility index (Phi) is 3.19. The lowest BCUT2D eigenvalue weighted by molar-refractivity contribution is 0.805. The molecule has 0 bridgehead atoms. The highest BCUT2D eigenvalue weighted by Gasteiger charge is 2.09. The van der Waals surface area contributed by atoms with Crippen LogP contribution in [-0.2, 0) is 6.54 Å². The van der Waals surface area contributed by atoms with Crippen LogP contribution < -0.4 is 10.5 Å².